The average molecular weight is 395 g/mol. The molecule has 1 N–H and O–H groups in total. The zero-order valence-electron chi connectivity index (χ0n) is 15.4. The van der Waals surface area contributed by atoms with Gasteiger partial charge in [-0.15, -0.1) is 0 Å². The van der Waals surface area contributed by atoms with Crippen LogP contribution in [-0.4, -0.2) is 27.4 Å². The molecule has 1 aliphatic carbocycles. The zero-order valence-corrected chi connectivity index (χ0v) is 16.1. The summed E-state index contributed by atoms with van der Waals surface area (Å²) in [6, 6.07) is 12.7. The van der Waals surface area contributed by atoms with Gasteiger partial charge in [0.2, 0.25) is 11.9 Å². The summed E-state index contributed by atoms with van der Waals surface area (Å²) in [6.07, 6.45) is 2.02. The minimum atomic E-state index is -0.580. The smallest absolute Gasteiger partial charge is 0.253 e. The second kappa shape index (κ2) is 6.34. The van der Waals surface area contributed by atoms with E-state index >= 15 is 0 Å². The van der Waals surface area contributed by atoms with E-state index < -0.39 is 6.04 Å². The van der Waals surface area contributed by atoms with Crippen LogP contribution in [0.5, 0.6) is 0 Å². The van der Waals surface area contributed by atoms with Gasteiger partial charge in [0, 0.05) is 16.8 Å². The van der Waals surface area contributed by atoms with Gasteiger partial charge in [-0.25, -0.2) is 4.98 Å². The monoisotopic (exact) mass is 394 g/mol. The van der Waals surface area contributed by atoms with Crippen molar-refractivity contribution < 1.29 is 9.59 Å². The fourth-order valence-corrected chi connectivity index (χ4v) is 3.97. The second-order valence-corrected chi connectivity index (χ2v) is 7.85. The highest BCUT2D eigenvalue weighted by Crippen LogP contribution is 2.42. The number of aryl methyl sites for hydroxylation is 1. The van der Waals surface area contributed by atoms with Crippen LogP contribution in [0.25, 0.3) is 11.0 Å². The number of nitrogens with zero attached hydrogens (tertiary/aromatic N) is 3. The normalized spacial score (nSPS) is 18.6. The van der Waals surface area contributed by atoms with E-state index in [1.165, 1.54) is 0 Å². The molecular formula is C21H19ClN4O2. The largest absolute Gasteiger partial charge is 0.326 e. The minimum absolute atomic E-state index is 0.0483. The van der Waals surface area contributed by atoms with Gasteiger partial charge in [-0.1, -0.05) is 29.8 Å². The summed E-state index contributed by atoms with van der Waals surface area (Å²) >= 11 is 6.14. The van der Waals surface area contributed by atoms with Gasteiger partial charge in [0.25, 0.3) is 5.91 Å². The Kier molecular flexibility index (Phi) is 3.91. The number of halogens is 1. The van der Waals surface area contributed by atoms with E-state index in [1.807, 2.05) is 47.9 Å². The minimum Gasteiger partial charge on any atom is -0.326 e. The molecule has 5 rings (SSSR count). The van der Waals surface area contributed by atoms with Gasteiger partial charge in [0.05, 0.1) is 17.5 Å². The van der Waals surface area contributed by atoms with Crippen molar-refractivity contribution in [2.45, 2.75) is 38.3 Å². The Bertz CT molecular complexity index is 1120. The Balaban J connectivity index is 1.45. The van der Waals surface area contributed by atoms with Crippen molar-refractivity contribution >= 4 is 46.1 Å². The van der Waals surface area contributed by atoms with Crippen molar-refractivity contribution in [3.05, 3.63) is 53.1 Å². The van der Waals surface area contributed by atoms with Crippen molar-refractivity contribution in [3.63, 3.8) is 0 Å². The number of imidazole rings is 1. The van der Waals surface area contributed by atoms with Gasteiger partial charge in [-0.2, -0.15) is 0 Å². The van der Waals surface area contributed by atoms with E-state index in [0.29, 0.717) is 16.7 Å². The van der Waals surface area contributed by atoms with E-state index in [1.54, 1.807) is 11.0 Å². The molecule has 0 radical (unpaired) electrons. The van der Waals surface area contributed by atoms with Gasteiger partial charge in [-0.3, -0.25) is 19.1 Å². The van der Waals surface area contributed by atoms with Crippen LogP contribution in [0.1, 0.15) is 30.9 Å². The first kappa shape index (κ1) is 17.3. The van der Waals surface area contributed by atoms with Crippen LogP contribution in [0.4, 0.5) is 11.6 Å². The van der Waals surface area contributed by atoms with E-state index in [-0.39, 0.29) is 24.3 Å². The first-order chi connectivity index (χ1) is 13.5. The second-order valence-electron chi connectivity index (χ2n) is 7.44. The van der Waals surface area contributed by atoms with Crippen molar-refractivity contribution in [1.82, 2.24) is 9.55 Å². The first-order valence-electron chi connectivity index (χ1n) is 9.39. The van der Waals surface area contributed by atoms with Crippen LogP contribution in [-0.2, 0) is 9.59 Å². The number of amides is 2. The number of rotatable bonds is 4. The molecule has 142 valence electrons. The van der Waals surface area contributed by atoms with Gasteiger partial charge in [0.1, 0.15) is 6.04 Å². The third-order valence-electron chi connectivity index (χ3n) is 5.37. The van der Waals surface area contributed by atoms with E-state index in [2.05, 4.69) is 10.3 Å². The number of carbonyl (C=O) groups excluding carboxylic acids is 2. The predicted molar refractivity (Wildman–Crippen MR) is 109 cm³/mol. The topological polar surface area (TPSA) is 67.2 Å². The van der Waals surface area contributed by atoms with Crippen LogP contribution in [0.15, 0.2) is 42.5 Å². The van der Waals surface area contributed by atoms with Crippen molar-refractivity contribution in [2.24, 2.45) is 0 Å². The number of benzene rings is 2. The molecule has 2 amide bonds. The summed E-state index contributed by atoms with van der Waals surface area (Å²) in [5.41, 5.74) is 3.29. The summed E-state index contributed by atoms with van der Waals surface area (Å²) in [7, 11) is 0. The number of hydrogen-bond donors (Lipinski definition) is 1. The lowest BCUT2D eigenvalue weighted by Gasteiger charge is -2.15. The number of aromatic nitrogens is 2. The highest BCUT2D eigenvalue weighted by molar-refractivity contribution is 6.31. The van der Waals surface area contributed by atoms with Gasteiger partial charge in [-0.05, 0) is 49.6 Å². The third-order valence-corrected chi connectivity index (χ3v) is 5.78. The van der Waals surface area contributed by atoms with Crippen molar-refractivity contribution in [1.29, 1.82) is 0 Å². The number of hydrogen-bond acceptors (Lipinski definition) is 3. The summed E-state index contributed by atoms with van der Waals surface area (Å²) in [4.78, 5) is 32.3. The van der Waals surface area contributed by atoms with Gasteiger partial charge in [0.15, 0.2) is 0 Å². The number of fused-ring (bicyclic) bond motifs is 3. The number of nitrogens with one attached hydrogen (secondary N) is 1. The lowest BCUT2D eigenvalue weighted by Crippen LogP contribution is -2.33. The number of carbonyl (C=O) groups is 2. The van der Waals surface area contributed by atoms with E-state index in [0.717, 1.165) is 29.4 Å². The average Bonchev–Trinajstić information content (AvgIpc) is 3.37. The molecule has 0 unspecified atom stereocenters. The lowest BCUT2D eigenvalue weighted by molar-refractivity contribution is -0.124. The standard InChI is InChI=1S/C21H19ClN4O2/c1-12-6-7-13(10-15(12)22)23-19(27)11-18-20(28)25(14-8-9-14)21-24-16-4-2-3-5-17(16)26(18)21/h2-7,10,14,18H,8-9,11H2,1H3,(H,23,27)/t18-/m1/s1. The van der Waals surface area contributed by atoms with Gasteiger partial charge >= 0.3 is 0 Å². The van der Waals surface area contributed by atoms with Crippen LogP contribution in [0.3, 0.4) is 0 Å². The van der Waals surface area contributed by atoms with Crippen molar-refractivity contribution in [3.8, 4) is 0 Å². The molecule has 1 aliphatic heterocycles. The molecule has 0 saturated heterocycles. The zero-order chi connectivity index (χ0) is 19.4. The molecule has 3 aromatic rings. The summed E-state index contributed by atoms with van der Waals surface area (Å²) in [5.74, 6) is 0.386. The molecule has 2 aromatic carbocycles. The highest BCUT2D eigenvalue weighted by Gasteiger charge is 2.47. The fraction of sp³-hybridized carbons (Fsp3) is 0.286. The number of anilines is 2. The Labute approximate surface area is 167 Å². The molecular weight excluding hydrogens is 376 g/mol. The van der Waals surface area contributed by atoms with E-state index in [9.17, 15) is 9.59 Å². The maximum Gasteiger partial charge on any atom is 0.253 e. The van der Waals surface area contributed by atoms with E-state index in [4.69, 9.17) is 11.6 Å². The Morgan fingerprint density at radius 2 is 2.04 bits per heavy atom. The summed E-state index contributed by atoms with van der Waals surface area (Å²) < 4.78 is 1.91. The summed E-state index contributed by atoms with van der Waals surface area (Å²) in [6.45, 7) is 1.91. The molecule has 1 fully saturated rings. The Morgan fingerprint density at radius 1 is 1.25 bits per heavy atom. The van der Waals surface area contributed by atoms with Gasteiger partial charge < -0.3 is 5.32 Å². The maximum absolute atomic E-state index is 13.1. The third kappa shape index (κ3) is 2.76. The molecule has 7 heteroatoms. The Hall–Kier alpha value is -2.86. The van der Waals surface area contributed by atoms with Crippen LogP contribution >= 0.6 is 11.6 Å². The quantitative estimate of drug-likeness (QED) is 0.725. The molecule has 1 aromatic heterocycles. The maximum atomic E-state index is 13.1. The van der Waals surface area contributed by atoms with Crippen molar-refractivity contribution in [2.75, 3.05) is 10.2 Å². The highest BCUT2D eigenvalue weighted by atomic mass is 35.5. The molecule has 1 saturated carbocycles. The Morgan fingerprint density at radius 3 is 2.79 bits per heavy atom. The molecule has 6 nitrogen and oxygen atoms in total. The molecule has 2 aliphatic rings. The molecule has 0 spiro atoms. The summed E-state index contributed by atoms with van der Waals surface area (Å²) in [5, 5.41) is 3.46. The fourth-order valence-electron chi connectivity index (χ4n) is 3.79. The molecule has 1 atom stereocenters. The van der Waals surface area contributed by atoms with Crippen LogP contribution < -0.4 is 10.2 Å². The lowest BCUT2D eigenvalue weighted by atomic mass is 10.1. The number of para-hydroxylation sites is 2. The predicted octanol–water partition coefficient (Wildman–Crippen LogP) is 4.08. The molecule has 2 heterocycles. The molecule has 0 bridgehead atoms. The first-order valence-corrected chi connectivity index (χ1v) is 9.77. The van der Waals surface area contributed by atoms with Crippen LogP contribution in [0.2, 0.25) is 5.02 Å². The van der Waals surface area contributed by atoms with Crippen LogP contribution in [0, 0.1) is 6.92 Å². The SMILES string of the molecule is Cc1ccc(NC(=O)C[C@@H]2C(=O)N(C3CC3)c3nc4ccccc4n32)cc1Cl. The molecule has 28 heavy (non-hydrogen) atoms.